The molecule has 2 aliphatic carbocycles. The lowest BCUT2D eigenvalue weighted by atomic mass is 9.50. The van der Waals surface area contributed by atoms with Crippen molar-refractivity contribution in [2.75, 3.05) is 14.2 Å². The van der Waals surface area contributed by atoms with Gasteiger partial charge in [-0.2, -0.15) is 0 Å². The SMILES string of the molecule is COC(=O)[C@H]1C[C@]2(C)C[C@](C)(C[C@H](C(=O)OC)C2=O)C1=O. The number of ketones is 2. The van der Waals surface area contributed by atoms with Crippen molar-refractivity contribution >= 4 is 23.5 Å². The zero-order valence-corrected chi connectivity index (χ0v) is 12.7. The van der Waals surface area contributed by atoms with Crippen molar-refractivity contribution in [2.24, 2.45) is 22.7 Å². The van der Waals surface area contributed by atoms with Crippen molar-refractivity contribution in [3.05, 3.63) is 0 Å². The molecule has 0 unspecified atom stereocenters. The summed E-state index contributed by atoms with van der Waals surface area (Å²) < 4.78 is 9.37. The summed E-state index contributed by atoms with van der Waals surface area (Å²) in [6.45, 7) is 3.43. The number of methoxy groups -OCH3 is 2. The monoisotopic (exact) mass is 296 g/mol. The van der Waals surface area contributed by atoms with Crippen LogP contribution in [0.1, 0.15) is 33.1 Å². The third-order valence-corrected chi connectivity index (χ3v) is 4.88. The molecule has 2 aliphatic rings. The molecule has 2 saturated carbocycles. The van der Waals surface area contributed by atoms with Gasteiger partial charge in [-0.3, -0.25) is 19.2 Å². The van der Waals surface area contributed by atoms with E-state index in [1.807, 2.05) is 0 Å². The van der Waals surface area contributed by atoms with Crippen molar-refractivity contribution in [3.63, 3.8) is 0 Å². The first-order valence-corrected chi connectivity index (χ1v) is 6.93. The number of hydrogen-bond acceptors (Lipinski definition) is 6. The molecule has 0 aromatic rings. The van der Waals surface area contributed by atoms with E-state index in [0.717, 1.165) is 0 Å². The highest BCUT2D eigenvalue weighted by Gasteiger charge is 2.61. The van der Waals surface area contributed by atoms with E-state index in [9.17, 15) is 19.2 Å². The molecular weight excluding hydrogens is 276 g/mol. The predicted molar refractivity (Wildman–Crippen MR) is 71.1 cm³/mol. The second kappa shape index (κ2) is 4.93. The van der Waals surface area contributed by atoms with Crippen LogP contribution in [0.5, 0.6) is 0 Å². The molecule has 21 heavy (non-hydrogen) atoms. The minimum atomic E-state index is -0.929. The van der Waals surface area contributed by atoms with Crippen LogP contribution in [0.2, 0.25) is 0 Å². The average molecular weight is 296 g/mol. The van der Waals surface area contributed by atoms with E-state index in [-0.39, 0.29) is 24.4 Å². The Bertz CT molecular complexity index is 478. The summed E-state index contributed by atoms with van der Waals surface area (Å²) in [6, 6.07) is 0. The molecule has 0 radical (unpaired) electrons. The maximum atomic E-state index is 12.6. The third kappa shape index (κ3) is 2.26. The number of esters is 2. The van der Waals surface area contributed by atoms with Crippen molar-refractivity contribution < 1.29 is 28.7 Å². The van der Waals surface area contributed by atoms with Crippen molar-refractivity contribution in [1.29, 1.82) is 0 Å². The quantitative estimate of drug-likeness (QED) is 0.556. The van der Waals surface area contributed by atoms with Gasteiger partial charge in [-0.25, -0.2) is 0 Å². The minimum Gasteiger partial charge on any atom is -0.468 e. The van der Waals surface area contributed by atoms with Crippen LogP contribution in [-0.2, 0) is 28.7 Å². The van der Waals surface area contributed by atoms with Crippen LogP contribution in [0, 0.1) is 22.7 Å². The Balaban J connectivity index is 2.43. The molecular formula is C15H20O6. The molecule has 4 atom stereocenters. The second-order valence-electron chi connectivity index (χ2n) is 6.59. The molecule has 0 heterocycles. The van der Waals surface area contributed by atoms with Gasteiger partial charge < -0.3 is 9.47 Å². The number of carbonyl (C=O) groups is 4. The van der Waals surface area contributed by atoms with Crippen LogP contribution in [0.15, 0.2) is 0 Å². The first-order chi connectivity index (χ1) is 9.68. The summed E-state index contributed by atoms with van der Waals surface area (Å²) >= 11 is 0. The van der Waals surface area contributed by atoms with Crippen LogP contribution < -0.4 is 0 Å². The number of ether oxygens (including phenoxy) is 2. The topological polar surface area (TPSA) is 86.7 Å². The van der Waals surface area contributed by atoms with E-state index in [2.05, 4.69) is 9.47 Å². The summed E-state index contributed by atoms with van der Waals surface area (Å²) in [5.74, 6) is -3.56. The highest BCUT2D eigenvalue weighted by atomic mass is 16.5. The van der Waals surface area contributed by atoms with Gasteiger partial charge in [0, 0.05) is 10.8 Å². The van der Waals surface area contributed by atoms with E-state index in [1.165, 1.54) is 14.2 Å². The standard InChI is InChI=1S/C15H20O6/c1-14-5-8(12(18)20-3)11(17)15(2,7-14)6-9(10(14)16)13(19)21-4/h8-9H,5-7H2,1-4H3/t8-,9-,14-,15+/m0/s1. The van der Waals surface area contributed by atoms with Crippen LogP contribution in [0.4, 0.5) is 0 Å². The summed E-state index contributed by atoms with van der Waals surface area (Å²) in [7, 11) is 2.45. The summed E-state index contributed by atoms with van der Waals surface area (Å²) in [6.07, 6.45) is 0.555. The highest BCUT2D eigenvalue weighted by molar-refractivity contribution is 6.09. The van der Waals surface area contributed by atoms with Crippen LogP contribution >= 0.6 is 0 Å². The molecule has 0 N–H and O–H groups in total. The summed E-state index contributed by atoms with van der Waals surface area (Å²) in [5.41, 5.74) is -1.75. The Morgan fingerprint density at radius 1 is 0.905 bits per heavy atom. The fraction of sp³-hybridized carbons (Fsp3) is 0.733. The molecule has 6 nitrogen and oxygen atoms in total. The fourth-order valence-corrected chi connectivity index (χ4v) is 3.97. The first-order valence-electron chi connectivity index (χ1n) is 6.93. The molecule has 0 amide bonds. The minimum absolute atomic E-state index is 0.0976. The molecule has 0 aliphatic heterocycles. The van der Waals surface area contributed by atoms with Crippen LogP contribution in [0.25, 0.3) is 0 Å². The molecule has 2 fully saturated rings. The molecule has 0 saturated heterocycles. The first kappa shape index (κ1) is 15.7. The van der Waals surface area contributed by atoms with Crippen LogP contribution in [-0.4, -0.2) is 37.7 Å². The zero-order chi connectivity index (χ0) is 16.0. The van der Waals surface area contributed by atoms with Gasteiger partial charge in [0.2, 0.25) is 0 Å². The van der Waals surface area contributed by atoms with Gasteiger partial charge in [-0.1, -0.05) is 13.8 Å². The average Bonchev–Trinajstić information content (AvgIpc) is 2.45. The molecule has 2 rings (SSSR count). The molecule has 116 valence electrons. The second-order valence-corrected chi connectivity index (χ2v) is 6.59. The lowest BCUT2D eigenvalue weighted by Gasteiger charge is -2.50. The van der Waals surface area contributed by atoms with Gasteiger partial charge in [0.25, 0.3) is 0 Å². The largest absolute Gasteiger partial charge is 0.468 e. The Labute approximate surface area is 123 Å². The van der Waals surface area contributed by atoms with Crippen LogP contribution in [0.3, 0.4) is 0 Å². The highest BCUT2D eigenvalue weighted by Crippen LogP contribution is 2.55. The molecule has 2 bridgehead atoms. The van der Waals surface area contributed by atoms with E-state index in [1.54, 1.807) is 13.8 Å². The maximum absolute atomic E-state index is 12.6. The van der Waals surface area contributed by atoms with Crippen molar-refractivity contribution in [1.82, 2.24) is 0 Å². The number of fused-ring (bicyclic) bond motifs is 2. The van der Waals surface area contributed by atoms with Gasteiger partial charge in [0.1, 0.15) is 11.8 Å². The molecule has 0 aromatic carbocycles. The molecule has 0 aromatic heterocycles. The van der Waals surface area contributed by atoms with Gasteiger partial charge >= 0.3 is 11.9 Å². The summed E-state index contributed by atoms with van der Waals surface area (Å²) in [4.78, 5) is 48.8. The normalized spacial score (nSPS) is 38.9. The lowest BCUT2D eigenvalue weighted by molar-refractivity contribution is -0.171. The van der Waals surface area contributed by atoms with E-state index < -0.39 is 34.6 Å². The number of carbonyl (C=O) groups excluding carboxylic acids is 4. The Hall–Kier alpha value is -1.72. The Morgan fingerprint density at radius 2 is 1.24 bits per heavy atom. The lowest BCUT2D eigenvalue weighted by Crippen LogP contribution is -2.58. The van der Waals surface area contributed by atoms with Gasteiger partial charge in [0.15, 0.2) is 11.6 Å². The predicted octanol–water partition coefficient (Wildman–Crippen LogP) is 0.913. The van der Waals surface area contributed by atoms with E-state index >= 15 is 0 Å². The maximum Gasteiger partial charge on any atom is 0.316 e. The Morgan fingerprint density at radius 3 is 1.52 bits per heavy atom. The van der Waals surface area contributed by atoms with Gasteiger partial charge in [0.05, 0.1) is 14.2 Å². The Kier molecular flexibility index (Phi) is 3.68. The number of rotatable bonds is 2. The van der Waals surface area contributed by atoms with E-state index in [4.69, 9.17) is 0 Å². The van der Waals surface area contributed by atoms with Crippen molar-refractivity contribution in [3.8, 4) is 0 Å². The smallest absolute Gasteiger partial charge is 0.316 e. The summed E-state index contributed by atoms with van der Waals surface area (Å²) in [5, 5.41) is 0. The molecule has 6 heteroatoms. The number of Topliss-reactive ketones (excluding diaryl/α,β-unsaturated/α-hetero) is 2. The zero-order valence-electron chi connectivity index (χ0n) is 12.7. The van der Waals surface area contributed by atoms with Crippen molar-refractivity contribution in [2.45, 2.75) is 33.1 Å². The van der Waals surface area contributed by atoms with E-state index in [0.29, 0.717) is 6.42 Å². The molecule has 0 spiro atoms. The van der Waals surface area contributed by atoms with Gasteiger partial charge in [-0.15, -0.1) is 0 Å². The third-order valence-electron chi connectivity index (χ3n) is 4.88. The number of hydrogen-bond donors (Lipinski definition) is 0. The fourth-order valence-electron chi connectivity index (χ4n) is 3.97. The van der Waals surface area contributed by atoms with Gasteiger partial charge in [-0.05, 0) is 19.3 Å².